The number of guanidine groups is 2. The first-order valence-corrected chi connectivity index (χ1v) is 21.5. The number of amides is 4. The van der Waals surface area contributed by atoms with Crippen LogP contribution in [-0.4, -0.2) is 192 Å². The number of ether oxygens (including phenoxy) is 4. The predicted octanol–water partition coefficient (Wildman–Crippen LogP) is -5.77. The molecular formula is C40H62N12O18. The van der Waals surface area contributed by atoms with Gasteiger partial charge in [-0.3, -0.25) is 35.8 Å². The maximum atomic E-state index is 12.8. The van der Waals surface area contributed by atoms with Crippen LogP contribution in [0.4, 0.5) is 4.79 Å². The summed E-state index contributed by atoms with van der Waals surface area (Å²) in [6, 6.07) is 1.67. The Morgan fingerprint density at radius 1 is 0.686 bits per heavy atom. The Morgan fingerprint density at radius 2 is 1.16 bits per heavy atom. The quantitative estimate of drug-likeness (QED) is 0.00888. The number of nitrogens with one attached hydrogen (secondary N) is 10. The fourth-order valence-electron chi connectivity index (χ4n) is 6.81. The Morgan fingerprint density at radius 3 is 1.63 bits per heavy atom. The lowest BCUT2D eigenvalue weighted by Gasteiger charge is -2.41. The van der Waals surface area contributed by atoms with Gasteiger partial charge in [0.2, 0.25) is 23.3 Å². The molecule has 20 N–H and O–H groups in total. The lowest BCUT2D eigenvalue weighted by Crippen LogP contribution is -2.65. The van der Waals surface area contributed by atoms with Gasteiger partial charge >= 0.3 is 18.0 Å². The van der Waals surface area contributed by atoms with E-state index in [0.29, 0.717) is 37.2 Å². The molecule has 0 radical (unpaired) electrons. The Balaban J connectivity index is 1.37. The van der Waals surface area contributed by atoms with Gasteiger partial charge < -0.3 is 93.0 Å². The first-order chi connectivity index (χ1) is 33.2. The molecule has 2 aliphatic rings. The molecule has 0 fully saturated rings. The van der Waals surface area contributed by atoms with Crippen LogP contribution in [0, 0.1) is 10.8 Å². The number of aliphatic carboxylic acids is 2. The summed E-state index contributed by atoms with van der Waals surface area (Å²) in [6.45, 7) is 1.28. The molecule has 0 saturated carbocycles. The lowest BCUT2D eigenvalue weighted by molar-refractivity contribution is -0.359. The van der Waals surface area contributed by atoms with Crippen molar-refractivity contribution in [1.29, 1.82) is 10.8 Å². The molecule has 1 aromatic rings. The van der Waals surface area contributed by atoms with Crippen LogP contribution in [0.2, 0.25) is 0 Å². The van der Waals surface area contributed by atoms with Gasteiger partial charge in [-0.25, -0.2) is 24.2 Å². The van der Waals surface area contributed by atoms with Crippen molar-refractivity contribution in [2.75, 3.05) is 52.9 Å². The van der Waals surface area contributed by atoms with E-state index in [4.69, 9.17) is 51.0 Å². The fraction of sp³-hybridized carbons (Fsp3) is 0.550. The van der Waals surface area contributed by atoms with Gasteiger partial charge in [-0.05, 0) is 62.3 Å². The molecule has 10 atom stereocenters. The van der Waals surface area contributed by atoms with Crippen molar-refractivity contribution in [1.82, 2.24) is 42.5 Å². The third kappa shape index (κ3) is 18.8. The molecule has 70 heavy (non-hydrogen) atoms. The van der Waals surface area contributed by atoms with Crippen molar-refractivity contribution in [3.8, 4) is 5.75 Å². The molecule has 0 aromatic heterocycles. The smallest absolute Gasteiger partial charge is 0.407 e. The van der Waals surface area contributed by atoms with Gasteiger partial charge in [0, 0.05) is 32.5 Å². The van der Waals surface area contributed by atoms with Crippen molar-refractivity contribution in [3.05, 3.63) is 53.5 Å². The van der Waals surface area contributed by atoms with E-state index >= 15 is 0 Å². The summed E-state index contributed by atoms with van der Waals surface area (Å²) in [5.41, 5.74) is 11.2. The third-order valence-corrected chi connectivity index (χ3v) is 9.91. The number of hydrogen-bond acceptors (Lipinski definition) is 20. The third-order valence-electron chi connectivity index (χ3n) is 9.91. The summed E-state index contributed by atoms with van der Waals surface area (Å²) < 4.78 is 22.0. The molecule has 4 amide bonds. The Kier molecular flexibility index (Phi) is 23.8. The summed E-state index contributed by atoms with van der Waals surface area (Å²) in [5, 5.41) is 96.0. The van der Waals surface area contributed by atoms with Crippen LogP contribution >= 0.6 is 0 Å². The molecular weight excluding hydrogens is 937 g/mol. The highest BCUT2D eigenvalue weighted by Gasteiger charge is 2.47. The van der Waals surface area contributed by atoms with Crippen LogP contribution in [0.15, 0.2) is 47.9 Å². The number of hydrogen-bond donors (Lipinski definition) is 18. The molecule has 30 heteroatoms. The van der Waals surface area contributed by atoms with Gasteiger partial charge in [-0.2, -0.15) is 0 Å². The average molecular weight is 999 g/mol. The molecule has 390 valence electrons. The normalized spacial score (nSPS) is 21.2. The lowest BCUT2D eigenvalue weighted by atomic mass is 9.92. The second kappa shape index (κ2) is 29.1. The number of carboxylic acids is 2. The second-order valence-electron chi connectivity index (χ2n) is 15.4. The minimum atomic E-state index is -1.79. The summed E-state index contributed by atoms with van der Waals surface area (Å²) in [5.74, 6) is -6.52. The number of alkyl carbamates (subject to hydrolysis) is 1. The molecule has 1 aromatic carbocycles. The van der Waals surface area contributed by atoms with Gasteiger partial charge in [-0.15, -0.1) is 0 Å². The maximum Gasteiger partial charge on any atom is 0.407 e. The van der Waals surface area contributed by atoms with Gasteiger partial charge in [0.15, 0.2) is 36.3 Å². The summed E-state index contributed by atoms with van der Waals surface area (Å²) >= 11 is 0. The van der Waals surface area contributed by atoms with E-state index in [0.717, 1.165) is 19.1 Å². The second-order valence-corrected chi connectivity index (χ2v) is 15.4. The van der Waals surface area contributed by atoms with Crippen molar-refractivity contribution < 1.29 is 88.1 Å². The first kappa shape index (κ1) is 57.3. The molecule has 0 unspecified atom stereocenters. The molecule has 0 bridgehead atoms. The Bertz CT molecular complexity index is 2010. The van der Waals surface area contributed by atoms with Crippen LogP contribution in [0.1, 0.15) is 37.0 Å². The standard InChI is InChI=1S/C40H62N12O18/c1-19(55)49-29-23(51-38(41)42)13-27(36(60)61)67-33(29)31(25(57)15-53)69-40(64)48-12-4-9-45-17-65-22-7-5-21(6-8-22)35(59)47-11-3-10-46-18-66-70-32(26(58)16-54)34-30(50-20(2)56)24(52-39(43)44)14-28(68-34)37(62)63/h5-8,13-14,23-26,29-34,45-46,53-54,57-58H,3-4,9-12,15-18H2,1-2H3,(H,47,59)(H,48,64)(H,49,55)(H,50,56)(H,60,61)(H,62,63)(H4,41,42,51)(H4,43,44,52)/t23-,24-,25+,26+,29+,30+,31+,32+,33+,34+/m0/s1. The van der Waals surface area contributed by atoms with Crippen LogP contribution in [-0.2, 0) is 43.2 Å². The van der Waals surface area contributed by atoms with E-state index in [1.807, 2.05) is 0 Å². The van der Waals surface area contributed by atoms with E-state index in [-0.39, 0.29) is 32.5 Å². The zero-order valence-corrected chi connectivity index (χ0v) is 38.0. The SMILES string of the molecule is CC(=O)N[C@H]1[C@H]([C@H](OOCNCCCNC(=O)c2ccc(OCNCCCNC(=O)O[C@@H]([C@@H]3OC(C(=O)O)=C[C@H](NC(=N)N)[C@H]3NC(C)=O)[C@H](O)CO)cc2)[C@H](O)CO)OC(C(=O)O)=C[C@@H]1NC(=N)N. The number of aliphatic hydroxyl groups is 4. The summed E-state index contributed by atoms with van der Waals surface area (Å²) in [6.07, 6.45) is -7.87. The number of nitrogens with two attached hydrogens (primary N) is 2. The van der Waals surface area contributed by atoms with E-state index < -0.39 is 127 Å². The largest absolute Gasteiger partial charge is 0.478 e. The van der Waals surface area contributed by atoms with E-state index in [1.54, 1.807) is 24.3 Å². The number of benzene rings is 1. The number of carbonyl (C=O) groups excluding carboxylic acids is 4. The highest BCUT2D eigenvalue weighted by Crippen LogP contribution is 2.27. The fourth-order valence-corrected chi connectivity index (χ4v) is 6.81. The maximum absolute atomic E-state index is 12.8. The Labute approximate surface area is 399 Å². The van der Waals surface area contributed by atoms with E-state index in [9.17, 15) is 59.4 Å². The van der Waals surface area contributed by atoms with Crippen molar-refractivity contribution in [2.24, 2.45) is 11.5 Å². The molecule has 0 spiro atoms. The van der Waals surface area contributed by atoms with E-state index in [2.05, 4.69) is 42.5 Å². The average Bonchev–Trinajstić information content (AvgIpc) is 3.30. The van der Waals surface area contributed by atoms with Crippen LogP contribution < -0.4 is 58.7 Å². The highest BCUT2D eigenvalue weighted by molar-refractivity contribution is 5.94. The first-order valence-electron chi connectivity index (χ1n) is 21.5. The minimum absolute atomic E-state index is 0.0532. The summed E-state index contributed by atoms with van der Waals surface area (Å²) in [4.78, 5) is 83.5. The summed E-state index contributed by atoms with van der Waals surface area (Å²) in [7, 11) is 0. The molecule has 2 aliphatic heterocycles. The monoisotopic (exact) mass is 998 g/mol. The molecule has 2 heterocycles. The van der Waals surface area contributed by atoms with Crippen molar-refractivity contribution >= 4 is 47.7 Å². The molecule has 3 rings (SSSR count). The predicted molar refractivity (Wildman–Crippen MR) is 239 cm³/mol. The Hall–Kier alpha value is -7.06. The van der Waals surface area contributed by atoms with Crippen LogP contribution in [0.5, 0.6) is 5.75 Å². The molecule has 0 aliphatic carbocycles. The number of carboxylic acid groups (broad SMARTS) is 2. The zero-order chi connectivity index (χ0) is 51.9. The van der Waals surface area contributed by atoms with Gasteiger partial charge in [-0.1, -0.05) is 0 Å². The van der Waals surface area contributed by atoms with Gasteiger partial charge in [0.1, 0.15) is 31.4 Å². The van der Waals surface area contributed by atoms with Gasteiger partial charge in [0.05, 0.1) is 37.4 Å². The zero-order valence-electron chi connectivity index (χ0n) is 38.0. The van der Waals surface area contributed by atoms with Crippen LogP contribution in [0.3, 0.4) is 0 Å². The van der Waals surface area contributed by atoms with Crippen LogP contribution in [0.25, 0.3) is 0 Å². The van der Waals surface area contributed by atoms with Crippen molar-refractivity contribution in [2.45, 2.75) is 87.5 Å². The number of rotatable bonds is 29. The van der Waals surface area contributed by atoms with Gasteiger partial charge in [0.25, 0.3) is 5.91 Å². The van der Waals surface area contributed by atoms with Crippen molar-refractivity contribution in [3.63, 3.8) is 0 Å². The molecule has 0 saturated heterocycles. The van der Waals surface area contributed by atoms with E-state index in [1.165, 1.54) is 6.92 Å². The number of carbonyl (C=O) groups is 6. The molecule has 30 nitrogen and oxygen atoms in total. The topological polar surface area (TPSA) is 475 Å². The minimum Gasteiger partial charge on any atom is -0.478 e. The highest BCUT2D eigenvalue weighted by atomic mass is 17.2. The number of aliphatic hydroxyl groups excluding tert-OH is 4.